The standard InChI is InChI=1S/C10H10Br2N4OS/c1-5-13-8(15-14-5)4-16(2)10(17)6-3-7(11)18-9(6)12/h3H,4H2,1-2H3,(H,13,14,15). The molecule has 0 aliphatic carbocycles. The molecule has 0 spiro atoms. The van der Waals surface area contributed by atoms with E-state index in [0.29, 0.717) is 17.9 Å². The summed E-state index contributed by atoms with van der Waals surface area (Å²) in [5.74, 6) is 1.28. The Bertz CT molecular complexity index is 580. The Morgan fingerprint density at radius 1 is 1.56 bits per heavy atom. The first-order valence-electron chi connectivity index (χ1n) is 5.05. The van der Waals surface area contributed by atoms with Gasteiger partial charge in [-0.05, 0) is 44.8 Å². The Morgan fingerprint density at radius 3 is 2.78 bits per heavy atom. The molecule has 0 unspecified atom stereocenters. The van der Waals surface area contributed by atoms with Crippen molar-refractivity contribution in [3.8, 4) is 0 Å². The number of carbonyl (C=O) groups is 1. The lowest BCUT2D eigenvalue weighted by Gasteiger charge is -2.14. The van der Waals surface area contributed by atoms with Crippen LogP contribution in [0.5, 0.6) is 0 Å². The molecule has 0 aliphatic heterocycles. The third kappa shape index (κ3) is 2.99. The van der Waals surface area contributed by atoms with Crippen molar-refractivity contribution in [2.24, 2.45) is 0 Å². The Labute approximate surface area is 125 Å². The molecule has 0 atom stereocenters. The molecular weight excluding hydrogens is 384 g/mol. The normalized spacial score (nSPS) is 10.7. The molecule has 5 nitrogen and oxygen atoms in total. The second-order valence-electron chi connectivity index (χ2n) is 3.74. The highest BCUT2D eigenvalue weighted by molar-refractivity contribution is 9.12. The molecular formula is C10H10Br2N4OS. The fourth-order valence-corrected chi connectivity index (χ4v) is 4.21. The van der Waals surface area contributed by atoms with E-state index in [1.807, 2.05) is 6.92 Å². The maximum atomic E-state index is 12.2. The number of amides is 1. The van der Waals surface area contributed by atoms with Crippen LogP contribution in [0.2, 0.25) is 0 Å². The lowest BCUT2D eigenvalue weighted by Crippen LogP contribution is -2.26. The van der Waals surface area contributed by atoms with Crippen LogP contribution in [0.15, 0.2) is 13.6 Å². The van der Waals surface area contributed by atoms with Gasteiger partial charge in [-0.1, -0.05) is 0 Å². The predicted octanol–water partition coefficient (Wildman–Crippen LogP) is 2.97. The smallest absolute Gasteiger partial charge is 0.256 e. The fraction of sp³-hybridized carbons (Fsp3) is 0.300. The first kappa shape index (κ1) is 13.7. The van der Waals surface area contributed by atoms with Crippen LogP contribution in [-0.4, -0.2) is 33.0 Å². The Morgan fingerprint density at radius 2 is 2.28 bits per heavy atom. The van der Waals surface area contributed by atoms with Crippen molar-refractivity contribution in [3.05, 3.63) is 30.9 Å². The van der Waals surface area contributed by atoms with Crippen LogP contribution in [0.25, 0.3) is 0 Å². The SMILES string of the molecule is Cc1nc(CN(C)C(=O)c2cc(Br)sc2Br)n[nH]1. The number of halogens is 2. The van der Waals surface area contributed by atoms with Crippen LogP contribution in [0, 0.1) is 6.92 Å². The third-order valence-corrected chi connectivity index (χ3v) is 4.60. The van der Waals surface area contributed by atoms with Gasteiger partial charge in [0.1, 0.15) is 5.82 Å². The molecule has 0 radical (unpaired) electrons. The van der Waals surface area contributed by atoms with E-state index in [4.69, 9.17) is 0 Å². The van der Waals surface area contributed by atoms with Crippen LogP contribution >= 0.6 is 43.2 Å². The van der Waals surface area contributed by atoms with Crippen LogP contribution in [0.4, 0.5) is 0 Å². The summed E-state index contributed by atoms with van der Waals surface area (Å²) in [6.07, 6.45) is 0. The molecule has 0 saturated heterocycles. The van der Waals surface area contributed by atoms with Gasteiger partial charge in [0.05, 0.1) is 19.7 Å². The Kier molecular flexibility index (Phi) is 4.18. The third-order valence-electron chi connectivity index (χ3n) is 2.26. The highest BCUT2D eigenvalue weighted by Gasteiger charge is 2.18. The topological polar surface area (TPSA) is 61.9 Å². The quantitative estimate of drug-likeness (QED) is 0.871. The number of hydrogen-bond acceptors (Lipinski definition) is 4. The molecule has 1 amide bonds. The van der Waals surface area contributed by atoms with Gasteiger partial charge in [-0.25, -0.2) is 4.98 Å². The molecule has 18 heavy (non-hydrogen) atoms. The van der Waals surface area contributed by atoms with Crippen LogP contribution < -0.4 is 0 Å². The molecule has 2 heterocycles. The second-order valence-corrected chi connectivity index (χ2v) is 7.49. The van der Waals surface area contributed by atoms with Gasteiger partial charge in [0.25, 0.3) is 5.91 Å². The zero-order chi connectivity index (χ0) is 13.3. The first-order chi connectivity index (χ1) is 8.47. The average molecular weight is 394 g/mol. The van der Waals surface area contributed by atoms with E-state index in [1.54, 1.807) is 18.0 Å². The molecule has 2 aromatic rings. The predicted molar refractivity (Wildman–Crippen MR) is 76.6 cm³/mol. The zero-order valence-corrected chi connectivity index (χ0v) is 13.7. The number of hydrogen-bond donors (Lipinski definition) is 1. The summed E-state index contributed by atoms with van der Waals surface area (Å²) < 4.78 is 1.73. The number of thiophene rings is 1. The summed E-state index contributed by atoms with van der Waals surface area (Å²) in [6.45, 7) is 2.20. The molecule has 2 rings (SSSR count). The van der Waals surface area contributed by atoms with E-state index in [0.717, 1.165) is 13.4 Å². The molecule has 2 aromatic heterocycles. The number of nitrogens with zero attached hydrogens (tertiary/aromatic N) is 3. The van der Waals surface area contributed by atoms with Gasteiger partial charge in [-0.2, -0.15) is 5.10 Å². The van der Waals surface area contributed by atoms with Crippen molar-refractivity contribution in [1.82, 2.24) is 20.1 Å². The van der Waals surface area contributed by atoms with E-state index in [2.05, 4.69) is 47.0 Å². The van der Waals surface area contributed by atoms with Gasteiger partial charge >= 0.3 is 0 Å². The second kappa shape index (κ2) is 5.50. The van der Waals surface area contributed by atoms with Gasteiger partial charge in [-0.3, -0.25) is 9.89 Å². The van der Waals surface area contributed by atoms with Crippen molar-refractivity contribution in [2.75, 3.05) is 7.05 Å². The molecule has 0 saturated carbocycles. The summed E-state index contributed by atoms with van der Waals surface area (Å²) in [4.78, 5) is 18.0. The van der Waals surface area contributed by atoms with Gasteiger partial charge < -0.3 is 4.90 Å². The van der Waals surface area contributed by atoms with Crippen LogP contribution in [-0.2, 0) is 6.54 Å². The van der Waals surface area contributed by atoms with Crippen molar-refractivity contribution in [1.29, 1.82) is 0 Å². The van der Waals surface area contributed by atoms with Crippen molar-refractivity contribution < 1.29 is 4.79 Å². The number of H-pyrrole nitrogens is 1. The molecule has 0 fully saturated rings. The maximum Gasteiger partial charge on any atom is 0.256 e. The molecule has 0 bridgehead atoms. The number of aromatic nitrogens is 3. The van der Waals surface area contributed by atoms with Crippen molar-refractivity contribution in [2.45, 2.75) is 13.5 Å². The van der Waals surface area contributed by atoms with Crippen molar-refractivity contribution >= 4 is 49.1 Å². The van der Waals surface area contributed by atoms with Gasteiger partial charge in [0, 0.05) is 7.05 Å². The fourth-order valence-electron chi connectivity index (χ4n) is 1.44. The Hall–Kier alpha value is -0.730. The van der Waals surface area contributed by atoms with E-state index >= 15 is 0 Å². The van der Waals surface area contributed by atoms with Gasteiger partial charge in [0.15, 0.2) is 5.82 Å². The summed E-state index contributed by atoms with van der Waals surface area (Å²) in [6, 6.07) is 1.80. The van der Waals surface area contributed by atoms with E-state index in [-0.39, 0.29) is 5.91 Å². The lowest BCUT2D eigenvalue weighted by molar-refractivity contribution is 0.0781. The summed E-state index contributed by atoms with van der Waals surface area (Å²) in [7, 11) is 1.73. The largest absolute Gasteiger partial charge is 0.334 e. The van der Waals surface area contributed by atoms with Gasteiger partial charge in [0.2, 0.25) is 0 Å². The number of aryl methyl sites for hydroxylation is 1. The highest BCUT2D eigenvalue weighted by atomic mass is 79.9. The number of aromatic amines is 1. The highest BCUT2D eigenvalue weighted by Crippen LogP contribution is 2.32. The molecule has 0 aliphatic rings. The lowest BCUT2D eigenvalue weighted by atomic mass is 10.3. The molecule has 0 aromatic carbocycles. The molecule has 96 valence electrons. The summed E-state index contributed by atoms with van der Waals surface area (Å²) in [5, 5.41) is 6.77. The minimum Gasteiger partial charge on any atom is -0.334 e. The minimum absolute atomic E-state index is 0.0636. The number of nitrogens with one attached hydrogen (secondary N) is 1. The zero-order valence-electron chi connectivity index (χ0n) is 9.70. The van der Waals surface area contributed by atoms with Crippen LogP contribution in [0.1, 0.15) is 22.0 Å². The molecule has 8 heteroatoms. The first-order valence-corrected chi connectivity index (χ1v) is 7.46. The summed E-state index contributed by atoms with van der Waals surface area (Å²) in [5.41, 5.74) is 0.640. The summed E-state index contributed by atoms with van der Waals surface area (Å²) >= 11 is 8.21. The van der Waals surface area contributed by atoms with Crippen molar-refractivity contribution in [3.63, 3.8) is 0 Å². The number of carbonyl (C=O) groups excluding carboxylic acids is 1. The van der Waals surface area contributed by atoms with E-state index in [9.17, 15) is 4.79 Å². The Balaban J connectivity index is 2.11. The average Bonchev–Trinajstić information content (AvgIpc) is 2.84. The molecule has 1 N–H and O–H groups in total. The van der Waals surface area contributed by atoms with E-state index in [1.165, 1.54) is 11.3 Å². The number of rotatable bonds is 3. The maximum absolute atomic E-state index is 12.2. The van der Waals surface area contributed by atoms with E-state index < -0.39 is 0 Å². The minimum atomic E-state index is -0.0636. The van der Waals surface area contributed by atoms with Gasteiger partial charge in [-0.15, -0.1) is 11.3 Å². The van der Waals surface area contributed by atoms with Crippen LogP contribution in [0.3, 0.4) is 0 Å². The monoisotopic (exact) mass is 392 g/mol.